The van der Waals surface area contributed by atoms with E-state index in [1.54, 1.807) is 0 Å². The average Bonchev–Trinajstić information content (AvgIpc) is 3.78. The summed E-state index contributed by atoms with van der Waals surface area (Å²) in [5, 5.41) is 8.17. The summed E-state index contributed by atoms with van der Waals surface area (Å²) in [6.07, 6.45) is 0. The first-order valence-corrected chi connectivity index (χ1v) is 24.1. The highest BCUT2D eigenvalue weighted by Gasteiger charge is 2.48. The van der Waals surface area contributed by atoms with Crippen LogP contribution in [0, 0.1) is 0 Å². The molecule has 0 radical (unpaired) electrons. The minimum absolute atomic E-state index is 0.123. The highest BCUT2D eigenvalue weighted by Crippen LogP contribution is 2.51. The Kier molecular flexibility index (Phi) is 8.60. The van der Waals surface area contributed by atoms with Crippen LogP contribution in [0.25, 0.3) is 55.3 Å². The molecule has 0 N–H and O–H groups in total. The van der Waals surface area contributed by atoms with Crippen LogP contribution in [0.5, 0.6) is 0 Å². The molecule has 1 aliphatic carbocycles. The molecular formula is C61H45NSi. The van der Waals surface area contributed by atoms with Crippen molar-refractivity contribution in [3.05, 3.63) is 248 Å². The van der Waals surface area contributed by atoms with Crippen molar-refractivity contribution in [2.75, 3.05) is 4.90 Å². The number of nitrogens with zero attached hydrogens (tertiary/aromatic N) is 1. The molecule has 2 heteroatoms. The van der Waals surface area contributed by atoms with Crippen molar-refractivity contribution in [2.24, 2.45) is 0 Å². The molecule has 0 bridgehead atoms. The Morgan fingerprint density at radius 1 is 0.317 bits per heavy atom. The van der Waals surface area contributed by atoms with Crippen LogP contribution in [0.2, 0.25) is 0 Å². The van der Waals surface area contributed by atoms with Gasteiger partial charge in [0.2, 0.25) is 0 Å². The summed E-state index contributed by atoms with van der Waals surface area (Å²) in [5.41, 5.74) is 16.2. The first-order valence-electron chi connectivity index (χ1n) is 22.1. The molecule has 0 aromatic heterocycles. The standard InChI is InChI=1S/C61H45NSi/c1-61(2)57-29-14-11-26-52(57)53-37-35-48(41-58(53)61)62(46-33-32-42-18-9-10-21-44(42)38-46)47-34-36-51(56(40-47)43-19-5-3-6-20-43)45-22-17-25-50(39-45)63(49-23-7-4-8-24-49)59-30-15-12-27-54(59)55-28-13-16-31-60(55)63/h3-41H,1-2H3. The first-order chi connectivity index (χ1) is 31.0. The maximum atomic E-state index is 2.51. The molecule has 1 nitrogen and oxygen atoms in total. The molecule has 0 unspecified atom stereocenters. The van der Waals surface area contributed by atoms with Gasteiger partial charge in [-0.2, -0.15) is 0 Å². The van der Waals surface area contributed by atoms with Gasteiger partial charge >= 0.3 is 0 Å². The minimum atomic E-state index is -2.68. The van der Waals surface area contributed by atoms with Gasteiger partial charge in [0, 0.05) is 22.5 Å². The van der Waals surface area contributed by atoms with Gasteiger partial charge in [0.1, 0.15) is 0 Å². The SMILES string of the molecule is CC1(C)c2ccccc2-c2ccc(N(c3ccc(-c4cccc([Si]5(c6ccccc6)c6ccccc6-c6ccccc65)c4)c(-c4ccccc4)c3)c3ccc4ccccc4c3)cc21. The van der Waals surface area contributed by atoms with Crippen molar-refractivity contribution in [1.29, 1.82) is 0 Å². The summed E-state index contributed by atoms with van der Waals surface area (Å²) in [6, 6.07) is 88.7. The van der Waals surface area contributed by atoms with Crippen molar-refractivity contribution >= 4 is 56.7 Å². The van der Waals surface area contributed by atoms with Crippen LogP contribution in [0.15, 0.2) is 237 Å². The van der Waals surface area contributed by atoms with Crippen molar-refractivity contribution in [3.63, 3.8) is 0 Å². The van der Waals surface area contributed by atoms with Crippen LogP contribution in [0.1, 0.15) is 25.0 Å². The van der Waals surface area contributed by atoms with Crippen LogP contribution < -0.4 is 25.6 Å². The van der Waals surface area contributed by atoms with Crippen molar-refractivity contribution in [3.8, 4) is 44.5 Å². The third kappa shape index (κ3) is 5.75. The lowest BCUT2D eigenvalue weighted by molar-refractivity contribution is 0.660. The first kappa shape index (κ1) is 37.3. The highest BCUT2D eigenvalue weighted by molar-refractivity contribution is 7.22. The van der Waals surface area contributed by atoms with E-state index < -0.39 is 8.07 Å². The van der Waals surface area contributed by atoms with Crippen LogP contribution in [-0.2, 0) is 5.41 Å². The number of rotatable bonds is 7. The predicted molar refractivity (Wildman–Crippen MR) is 270 cm³/mol. The summed E-state index contributed by atoms with van der Waals surface area (Å²) >= 11 is 0. The largest absolute Gasteiger partial charge is 0.310 e. The zero-order valence-electron chi connectivity index (χ0n) is 35.5. The maximum Gasteiger partial charge on any atom is 0.180 e. The monoisotopic (exact) mass is 819 g/mol. The molecule has 0 atom stereocenters. The van der Waals surface area contributed by atoms with Gasteiger partial charge in [0.05, 0.1) is 0 Å². The van der Waals surface area contributed by atoms with E-state index in [0.29, 0.717) is 0 Å². The fraction of sp³-hybridized carbons (Fsp3) is 0.0492. The van der Waals surface area contributed by atoms with Crippen LogP contribution in [0.3, 0.4) is 0 Å². The van der Waals surface area contributed by atoms with Gasteiger partial charge in [0.25, 0.3) is 0 Å². The van der Waals surface area contributed by atoms with Gasteiger partial charge < -0.3 is 4.90 Å². The normalized spacial score (nSPS) is 13.8. The van der Waals surface area contributed by atoms with E-state index in [1.807, 2.05) is 0 Å². The molecule has 63 heavy (non-hydrogen) atoms. The number of hydrogen-bond donors (Lipinski definition) is 0. The highest BCUT2D eigenvalue weighted by atomic mass is 28.3. The van der Waals surface area contributed by atoms with Crippen molar-refractivity contribution < 1.29 is 0 Å². The smallest absolute Gasteiger partial charge is 0.180 e. The molecule has 0 fully saturated rings. The second kappa shape index (κ2) is 14.5. The van der Waals surface area contributed by atoms with Gasteiger partial charge in [-0.05, 0) is 124 Å². The molecule has 0 spiro atoms. The summed E-state index contributed by atoms with van der Waals surface area (Å²) in [5.74, 6) is 0. The third-order valence-corrected chi connectivity index (χ3v) is 18.8. The average molecular weight is 820 g/mol. The van der Waals surface area contributed by atoms with E-state index in [2.05, 4.69) is 255 Å². The maximum absolute atomic E-state index is 2.68. The summed E-state index contributed by atoms with van der Waals surface area (Å²) in [7, 11) is -2.68. The number of fused-ring (bicyclic) bond motifs is 7. The molecule has 10 aromatic rings. The zero-order chi connectivity index (χ0) is 42.1. The Balaban J connectivity index is 1.07. The van der Waals surface area contributed by atoms with E-state index in [1.165, 1.54) is 87.2 Å². The summed E-state index contributed by atoms with van der Waals surface area (Å²) in [4.78, 5) is 2.46. The molecule has 1 heterocycles. The van der Waals surface area contributed by atoms with E-state index in [4.69, 9.17) is 0 Å². The predicted octanol–water partition coefficient (Wildman–Crippen LogP) is 13.3. The Morgan fingerprint density at radius 3 is 1.59 bits per heavy atom. The number of benzene rings is 10. The summed E-state index contributed by atoms with van der Waals surface area (Å²) in [6.45, 7) is 4.73. The van der Waals surface area contributed by atoms with E-state index in [9.17, 15) is 0 Å². The Morgan fingerprint density at radius 2 is 0.841 bits per heavy atom. The van der Waals surface area contributed by atoms with Crippen molar-refractivity contribution in [2.45, 2.75) is 19.3 Å². The fourth-order valence-electron chi connectivity index (χ4n) is 11.0. The van der Waals surface area contributed by atoms with Gasteiger partial charge in [-0.25, -0.2) is 0 Å². The molecule has 0 saturated heterocycles. The van der Waals surface area contributed by atoms with Crippen LogP contribution in [0.4, 0.5) is 17.1 Å². The molecule has 298 valence electrons. The molecule has 10 aromatic carbocycles. The number of hydrogen-bond acceptors (Lipinski definition) is 1. The van der Waals surface area contributed by atoms with Crippen molar-refractivity contribution in [1.82, 2.24) is 0 Å². The van der Waals surface area contributed by atoms with E-state index in [0.717, 1.165) is 17.1 Å². The molecule has 12 rings (SSSR count). The topological polar surface area (TPSA) is 3.24 Å². The lowest BCUT2D eigenvalue weighted by atomic mass is 9.82. The molecule has 0 amide bonds. The lowest BCUT2D eigenvalue weighted by Gasteiger charge is -2.32. The third-order valence-electron chi connectivity index (χ3n) is 13.9. The molecule has 1 aliphatic heterocycles. The van der Waals surface area contributed by atoms with Gasteiger partial charge in [-0.3, -0.25) is 0 Å². The molecule has 2 aliphatic rings. The number of anilines is 3. The molecule has 0 saturated carbocycles. The van der Waals surface area contributed by atoms with Gasteiger partial charge in [-0.15, -0.1) is 0 Å². The van der Waals surface area contributed by atoms with Crippen LogP contribution >= 0.6 is 0 Å². The summed E-state index contributed by atoms with van der Waals surface area (Å²) < 4.78 is 0. The second-order valence-corrected chi connectivity index (χ2v) is 21.4. The Labute approximate surface area is 371 Å². The zero-order valence-corrected chi connectivity index (χ0v) is 36.5. The quantitative estimate of drug-likeness (QED) is 0.145. The Bertz CT molecular complexity index is 3340. The second-order valence-electron chi connectivity index (χ2n) is 17.7. The Hall–Kier alpha value is -7.52. The van der Waals surface area contributed by atoms with E-state index in [-0.39, 0.29) is 5.41 Å². The minimum Gasteiger partial charge on any atom is -0.310 e. The van der Waals surface area contributed by atoms with Gasteiger partial charge in [0.15, 0.2) is 8.07 Å². The lowest BCUT2D eigenvalue weighted by Crippen LogP contribution is -2.72. The van der Waals surface area contributed by atoms with Crippen LogP contribution in [-0.4, -0.2) is 8.07 Å². The van der Waals surface area contributed by atoms with E-state index >= 15 is 0 Å². The molecular weight excluding hydrogens is 775 g/mol. The fourth-order valence-corrected chi connectivity index (χ4v) is 16.2. The van der Waals surface area contributed by atoms with Gasteiger partial charge in [-0.1, -0.05) is 214 Å².